The number of carbonyl (C=O) groups is 1. The maximum atomic E-state index is 13.0. The molecule has 7 heterocycles. The van der Waals surface area contributed by atoms with Gasteiger partial charge in [-0.3, -0.25) is 9.69 Å². The Hall–Kier alpha value is -5.23. The van der Waals surface area contributed by atoms with E-state index in [0.717, 1.165) is 53.8 Å². The summed E-state index contributed by atoms with van der Waals surface area (Å²) in [5.41, 5.74) is 3.97. The quantitative estimate of drug-likeness (QED) is 0.272. The summed E-state index contributed by atoms with van der Waals surface area (Å²) in [6.45, 7) is 7.39. The number of fused-ring (bicyclic) bond motifs is 6. The van der Waals surface area contributed by atoms with Crippen LogP contribution in [-0.4, -0.2) is 92.0 Å². The number of ether oxygens (including phenoxy) is 2. The number of hydrogen-bond acceptors (Lipinski definition) is 10. The predicted octanol–water partition coefficient (Wildman–Crippen LogP) is 4.19. The standard InChI is InChI=1S/C33H33N9O3/c1-22-16-23(5-6-27(22)45-25-7-12-40-13-8-34-29(40)17-25)37-32-31-26(35-21-36-32)18-28-33(38-31)41-14-15-42(24(19-41)20-44-28)30(43)4-2-9-39-10-3-11-39/h2,4-8,12-13,16-18,21,24H,3,9-11,14-15,19-20H2,1H3,(H,35,36,37)/b4-2+/t24-/m0/s1. The molecule has 2 bridgehead atoms. The highest BCUT2D eigenvalue weighted by atomic mass is 16.5. The number of nitrogens with one attached hydrogen (secondary N) is 1. The van der Waals surface area contributed by atoms with E-state index in [1.165, 1.54) is 12.7 Å². The lowest BCUT2D eigenvalue weighted by Crippen LogP contribution is -2.56. The number of pyridine rings is 2. The average Bonchev–Trinajstić information content (AvgIpc) is 3.45. The first kappa shape index (κ1) is 27.3. The second-order valence-corrected chi connectivity index (χ2v) is 11.7. The van der Waals surface area contributed by atoms with Gasteiger partial charge in [0.15, 0.2) is 17.4 Å². The molecule has 3 aliphatic rings. The summed E-state index contributed by atoms with van der Waals surface area (Å²) in [5.74, 6) is 3.53. The SMILES string of the molecule is Cc1cc(Nc2ncnc3cc4c(nc23)N2CCN(C(=O)/C=C/CN3CCC3)[C@H](CO4)C2)ccc1Oc1ccn2ccnc2c1. The zero-order valence-electron chi connectivity index (χ0n) is 25.0. The van der Waals surface area contributed by atoms with Gasteiger partial charge in [0.05, 0.1) is 11.6 Å². The van der Waals surface area contributed by atoms with Gasteiger partial charge in [0.2, 0.25) is 5.91 Å². The molecule has 1 amide bonds. The lowest BCUT2D eigenvalue weighted by molar-refractivity contribution is -0.129. The fraction of sp³-hybridized carbons (Fsp3) is 0.303. The molecule has 0 saturated carbocycles. The molecule has 0 aliphatic carbocycles. The fourth-order valence-electron chi connectivity index (χ4n) is 6.07. The van der Waals surface area contributed by atoms with E-state index in [1.807, 2.05) is 71.1 Å². The number of hydrogen-bond donors (Lipinski definition) is 1. The molecule has 2 saturated heterocycles. The first-order valence-corrected chi connectivity index (χ1v) is 15.3. The molecule has 1 atom stereocenters. The third-order valence-corrected chi connectivity index (χ3v) is 8.66. The zero-order valence-corrected chi connectivity index (χ0v) is 25.0. The van der Waals surface area contributed by atoms with Gasteiger partial charge in [-0.25, -0.2) is 19.9 Å². The van der Waals surface area contributed by atoms with Gasteiger partial charge in [-0.05, 0) is 56.3 Å². The van der Waals surface area contributed by atoms with E-state index in [9.17, 15) is 4.79 Å². The number of rotatable bonds is 7. The van der Waals surface area contributed by atoms with E-state index in [0.29, 0.717) is 48.8 Å². The molecule has 12 heteroatoms. The highest BCUT2D eigenvalue weighted by Crippen LogP contribution is 2.36. The van der Waals surface area contributed by atoms with Gasteiger partial charge in [0, 0.05) is 68.7 Å². The number of benzene rings is 1. The monoisotopic (exact) mass is 603 g/mol. The molecule has 4 aromatic heterocycles. The van der Waals surface area contributed by atoms with Gasteiger partial charge in [-0.2, -0.15) is 0 Å². The van der Waals surface area contributed by atoms with Gasteiger partial charge in [-0.1, -0.05) is 6.08 Å². The lowest BCUT2D eigenvalue weighted by Gasteiger charge is -2.39. The highest BCUT2D eigenvalue weighted by Gasteiger charge is 2.35. The molecule has 1 aromatic carbocycles. The van der Waals surface area contributed by atoms with Crippen molar-refractivity contribution < 1.29 is 14.3 Å². The van der Waals surface area contributed by atoms with Gasteiger partial charge in [-0.15, -0.1) is 0 Å². The van der Waals surface area contributed by atoms with Gasteiger partial charge in [0.25, 0.3) is 0 Å². The Bertz CT molecular complexity index is 1940. The molecule has 5 aromatic rings. The molecular weight excluding hydrogens is 570 g/mol. The molecule has 1 N–H and O–H groups in total. The van der Waals surface area contributed by atoms with Crippen molar-refractivity contribution >= 4 is 39.9 Å². The summed E-state index contributed by atoms with van der Waals surface area (Å²) in [6, 6.07) is 11.6. The second kappa shape index (κ2) is 11.4. The topological polar surface area (TPSA) is 113 Å². The van der Waals surface area contributed by atoms with Crippen molar-refractivity contribution in [3.63, 3.8) is 0 Å². The van der Waals surface area contributed by atoms with Crippen molar-refractivity contribution in [3.8, 4) is 17.2 Å². The minimum Gasteiger partial charge on any atom is -0.487 e. The number of amides is 1. The lowest BCUT2D eigenvalue weighted by atomic mass is 10.1. The van der Waals surface area contributed by atoms with Crippen LogP contribution in [0.5, 0.6) is 17.2 Å². The molecule has 3 aliphatic heterocycles. The van der Waals surface area contributed by atoms with E-state index in [4.69, 9.17) is 14.5 Å². The number of aryl methyl sites for hydroxylation is 1. The van der Waals surface area contributed by atoms with Crippen LogP contribution in [0, 0.1) is 6.92 Å². The number of piperazine rings is 1. The largest absolute Gasteiger partial charge is 0.487 e. The fourth-order valence-corrected chi connectivity index (χ4v) is 6.07. The number of imidazole rings is 1. The van der Waals surface area contributed by atoms with Crippen LogP contribution >= 0.6 is 0 Å². The maximum absolute atomic E-state index is 13.0. The van der Waals surface area contributed by atoms with Crippen LogP contribution in [0.1, 0.15) is 12.0 Å². The summed E-state index contributed by atoms with van der Waals surface area (Å²) in [6.07, 6.45) is 12.0. The van der Waals surface area contributed by atoms with E-state index < -0.39 is 0 Å². The third kappa shape index (κ3) is 5.37. The molecular formula is C33H33N9O3. The smallest absolute Gasteiger partial charge is 0.246 e. The zero-order chi connectivity index (χ0) is 30.3. The minimum atomic E-state index is -0.0637. The van der Waals surface area contributed by atoms with E-state index >= 15 is 0 Å². The Morgan fingerprint density at radius 3 is 2.89 bits per heavy atom. The Labute approximate surface area is 259 Å². The molecule has 8 rings (SSSR count). The maximum Gasteiger partial charge on any atom is 0.246 e. The van der Waals surface area contributed by atoms with E-state index in [2.05, 4.69) is 30.1 Å². The number of anilines is 3. The van der Waals surface area contributed by atoms with Crippen molar-refractivity contribution in [2.24, 2.45) is 0 Å². The molecule has 12 nitrogen and oxygen atoms in total. The van der Waals surface area contributed by atoms with E-state index in [1.54, 1.807) is 12.3 Å². The Morgan fingerprint density at radius 1 is 1.09 bits per heavy atom. The molecule has 45 heavy (non-hydrogen) atoms. The van der Waals surface area contributed by atoms with Crippen LogP contribution < -0.4 is 19.7 Å². The molecule has 0 radical (unpaired) electrons. The van der Waals surface area contributed by atoms with Crippen molar-refractivity contribution in [1.29, 1.82) is 0 Å². The summed E-state index contributed by atoms with van der Waals surface area (Å²) in [5, 5.41) is 3.43. The average molecular weight is 604 g/mol. The van der Waals surface area contributed by atoms with Crippen molar-refractivity contribution in [2.45, 2.75) is 19.4 Å². The highest BCUT2D eigenvalue weighted by molar-refractivity contribution is 5.90. The van der Waals surface area contributed by atoms with Gasteiger partial charge < -0.3 is 29.0 Å². The van der Waals surface area contributed by atoms with Gasteiger partial charge >= 0.3 is 0 Å². The van der Waals surface area contributed by atoms with Crippen LogP contribution in [0.4, 0.5) is 17.3 Å². The summed E-state index contributed by atoms with van der Waals surface area (Å²) < 4.78 is 14.3. The third-order valence-electron chi connectivity index (χ3n) is 8.66. The summed E-state index contributed by atoms with van der Waals surface area (Å²) in [7, 11) is 0. The molecule has 0 spiro atoms. The molecule has 228 valence electrons. The second-order valence-electron chi connectivity index (χ2n) is 11.7. The van der Waals surface area contributed by atoms with Crippen LogP contribution in [0.2, 0.25) is 0 Å². The van der Waals surface area contributed by atoms with Crippen molar-refractivity contribution in [1.82, 2.24) is 34.1 Å². The first-order valence-electron chi connectivity index (χ1n) is 15.3. The van der Waals surface area contributed by atoms with Crippen LogP contribution in [-0.2, 0) is 4.79 Å². The number of aromatic nitrogens is 5. The normalized spacial score (nSPS) is 18.0. The summed E-state index contributed by atoms with van der Waals surface area (Å²) in [4.78, 5) is 37.9. The number of carbonyl (C=O) groups excluding carboxylic acids is 1. The van der Waals surface area contributed by atoms with Gasteiger partial charge in [0.1, 0.15) is 35.6 Å². The molecule has 2 fully saturated rings. The Balaban J connectivity index is 0.997. The number of likely N-dealkylation sites (tertiary alicyclic amines) is 1. The molecule has 0 unspecified atom stereocenters. The minimum absolute atomic E-state index is 0.0380. The van der Waals surface area contributed by atoms with Crippen molar-refractivity contribution in [2.75, 3.05) is 56.1 Å². The first-order chi connectivity index (χ1) is 22.1. The summed E-state index contributed by atoms with van der Waals surface area (Å²) >= 11 is 0. The van der Waals surface area contributed by atoms with Crippen LogP contribution in [0.15, 0.2) is 73.5 Å². The van der Waals surface area contributed by atoms with Crippen LogP contribution in [0.25, 0.3) is 16.7 Å². The van der Waals surface area contributed by atoms with Crippen LogP contribution in [0.3, 0.4) is 0 Å². The van der Waals surface area contributed by atoms with E-state index in [-0.39, 0.29) is 11.9 Å². The Morgan fingerprint density at radius 2 is 2.02 bits per heavy atom. The Kier molecular flexibility index (Phi) is 6.90. The predicted molar refractivity (Wildman–Crippen MR) is 170 cm³/mol. The number of nitrogens with zero attached hydrogens (tertiary/aromatic N) is 8. The van der Waals surface area contributed by atoms with Crippen molar-refractivity contribution in [3.05, 3.63) is 79.0 Å².